The van der Waals surface area contributed by atoms with E-state index in [0.29, 0.717) is 23.6 Å². The number of carbonyl (C=O) groups excluding carboxylic acids is 1. The van der Waals surface area contributed by atoms with Gasteiger partial charge >= 0.3 is 0 Å². The minimum atomic E-state index is -3.63. The lowest BCUT2D eigenvalue weighted by Crippen LogP contribution is -2.47. The number of halogens is 1. The molecule has 144 valence electrons. The smallest absolute Gasteiger partial charge is 0.261 e. The van der Waals surface area contributed by atoms with E-state index in [1.165, 1.54) is 30.6 Å². The van der Waals surface area contributed by atoms with Gasteiger partial charge in [-0.05, 0) is 48.4 Å². The van der Waals surface area contributed by atoms with Gasteiger partial charge in [0.15, 0.2) is 0 Å². The molecule has 1 saturated heterocycles. The molecule has 2 heterocycles. The number of fused-ring (bicyclic) bond motifs is 2. The number of hydrogen-bond donors (Lipinski definition) is 1. The number of nitrogens with one attached hydrogen (secondary N) is 1. The van der Waals surface area contributed by atoms with E-state index in [1.807, 2.05) is 11.4 Å². The fourth-order valence-corrected chi connectivity index (χ4v) is 6.65. The monoisotopic (exact) mass is 426 g/mol. The third-order valence-electron chi connectivity index (χ3n) is 5.28. The molecule has 6 nitrogen and oxygen atoms in total. The van der Waals surface area contributed by atoms with Gasteiger partial charge < -0.3 is 10.1 Å². The Hall–Kier alpha value is -1.61. The first-order valence-corrected chi connectivity index (χ1v) is 11.3. The zero-order chi connectivity index (χ0) is 19.2. The van der Waals surface area contributed by atoms with Crippen molar-refractivity contribution in [3.63, 3.8) is 0 Å². The number of thiophene rings is 1. The van der Waals surface area contributed by atoms with Crippen molar-refractivity contribution in [2.75, 3.05) is 13.7 Å². The Morgan fingerprint density at radius 3 is 2.74 bits per heavy atom. The molecular formula is C18H19ClN2O4S2. The van der Waals surface area contributed by atoms with Crippen molar-refractivity contribution in [2.24, 2.45) is 5.92 Å². The topological polar surface area (TPSA) is 75.7 Å². The SMILES string of the molecule is COc1ccc(S(=O)(=O)N2C[C@@H]3C[C@H]2C[C@@H]3NC(=O)c2cccs2)cc1Cl. The van der Waals surface area contributed by atoms with Crippen LogP contribution in [0.4, 0.5) is 0 Å². The second-order valence-electron chi connectivity index (χ2n) is 6.81. The van der Waals surface area contributed by atoms with Gasteiger partial charge in [-0.1, -0.05) is 17.7 Å². The molecule has 0 radical (unpaired) electrons. The number of amides is 1. The summed E-state index contributed by atoms with van der Waals surface area (Å²) in [6.07, 6.45) is 1.39. The first-order valence-electron chi connectivity index (χ1n) is 8.60. The fraction of sp³-hybridized carbons (Fsp3) is 0.389. The van der Waals surface area contributed by atoms with E-state index in [4.69, 9.17) is 16.3 Å². The van der Waals surface area contributed by atoms with Gasteiger partial charge in [0.2, 0.25) is 10.0 Å². The predicted octanol–water partition coefficient (Wildman–Crippen LogP) is 2.99. The minimum Gasteiger partial charge on any atom is -0.495 e. The second kappa shape index (κ2) is 7.09. The van der Waals surface area contributed by atoms with Crippen LogP contribution in [-0.4, -0.2) is 44.4 Å². The Bertz CT molecular complexity index is 962. The lowest BCUT2D eigenvalue weighted by atomic mass is 10.0. The molecule has 2 aromatic rings. The van der Waals surface area contributed by atoms with E-state index in [9.17, 15) is 13.2 Å². The highest BCUT2D eigenvalue weighted by atomic mass is 35.5. The van der Waals surface area contributed by atoms with Gasteiger partial charge in [0.25, 0.3) is 5.91 Å². The van der Waals surface area contributed by atoms with Gasteiger partial charge in [0.1, 0.15) is 5.75 Å². The molecule has 27 heavy (non-hydrogen) atoms. The van der Waals surface area contributed by atoms with Crippen LogP contribution < -0.4 is 10.1 Å². The molecule has 0 unspecified atom stereocenters. The summed E-state index contributed by atoms with van der Waals surface area (Å²) in [6.45, 7) is 0.409. The number of hydrogen-bond acceptors (Lipinski definition) is 5. The maximum atomic E-state index is 13.0. The van der Waals surface area contributed by atoms with Crippen molar-refractivity contribution < 1.29 is 17.9 Å². The summed E-state index contributed by atoms with van der Waals surface area (Å²) in [5.41, 5.74) is 0. The van der Waals surface area contributed by atoms with Gasteiger partial charge in [-0.2, -0.15) is 4.31 Å². The molecule has 1 aliphatic carbocycles. The molecule has 1 aromatic carbocycles. The molecule has 1 aromatic heterocycles. The zero-order valence-electron chi connectivity index (χ0n) is 14.6. The van der Waals surface area contributed by atoms with Crippen LogP contribution in [0.25, 0.3) is 0 Å². The van der Waals surface area contributed by atoms with E-state index in [2.05, 4.69) is 5.32 Å². The molecule has 1 amide bonds. The third-order valence-corrected chi connectivity index (χ3v) is 8.36. The van der Waals surface area contributed by atoms with Crippen LogP contribution >= 0.6 is 22.9 Å². The Kier molecular flexibility index (Phi) is 4.92. The van der Waals surface area contributed by atoms with Gasteiger partial charge in [-0.15, -0.1) is 11.3 Å². The van der Waals surface area contributed by atoms with E-state index in [1.54, 1.807) is 16.4 Å². The molecule has 2 bridgehead atoms. The number of piperidine rings is 1. The summed E-state index contributed by atoms with van der Waals surface area (Å²) < 4.78 is 32.7. The highest BCUT2D eigenvalue weighted by Crippen LogP contribution is 2.41. The molecule has 9 heteroatoms. The average molecular weight is 427 g/mol. The third kappa shape index (κ3) is 3.35. The maximum absolute atomic E-state index is 13.0. The van der Waals surface area contributed by atoms with Gasteiger partial charge in [0, 0.05) is 18.6 Å². The molecule has 1 N–H and O–H groups in total. The molecule has 3 atom stereocenters. The van der Waals surface area contributed by atoms with E-state index in [-0.39, 0.29) is 33.8 Å². The molecule has 2 aliphatic rings. The Morgan fingerprint density at radius 1 is 1.33 bits per heavy atom. The van der Waals surface area contributed by atoms with Crippen molar-refractivity contribution in [1.82, 2.24) is 9.62 Å². The van der Waals surface area contributed by atoms with Gasteiger partial charge in [-0.25, -0.2) is 8.42 Å². The number of carbonyl (C=O) groups is 1. The van der Waals surface area contributed by atoms with Crippen LogP contribution in [0.3, 0.4) is 0 Å². The summed E-state index contributed by atoms with van der Waals surface area (Å²) in [6, 6.07) is 8.05. The van der Waals surface area contributed by atoms with Crippen molar-refractivity contribution >= 4 is 38.9 Å². The number of sulfonamides is 1. The lowest BCUT2D eigenvalue weighted by Gasteiger charge is -2.31. The van der Waals surface area contributed by atoms with E-state index < -0.39 is 10.0 Å². The van der Waals surface area contributed by atoms with Crippen LogP contribution in [-0.2, 0) is 10.0 Å². The molecule has 2 fully saturated rings. The van der Waals surface area contributed by atoms with Crippen LogP contribution in [0.15, 0.2) is 40.6 Å². The van der Waals surface area contributed by atoms with Gasteiger partial charge in [-0.3, -0.25) is 4.79 Å². The number of rotatable bonds is 5. The molecular weight excluding hydrogens is 408 g/mol. The van der Waals surface area contributed by atoms with E-state index >= 15 is 0 Å². The van der Waals surface area contributed by atoms with Crippen molar-refractivity contribution in [2.45, 2.75) is 29.8 Å². The van der Waals surface area contributed by atoms with Crippen molar-refractivity contribution in [3.8, 4) is 5.75 Å². The first-order chi connectivity index (χ1) is 12.9. The fourth-order valence-electron chi connectivity index (χ4n) is 3.97. The Balaban J connectivity index is 1.47. The standard InChI is InChI=1S/C18H19ClN2O4S2/c1-25-16-5-4-13(9-14(16)19)27(23,24)21-10-11-7-12(21)8-15(11)20-18(22)17-3-2-6-26-17/h2-6,9,11-12,15H,7-8,10H2,1H3,(H,20,22)/t11-,12-,15-/m0/s1. The normalized spacial score (nSPS) is 24.9. The zero-order valence-corrected chi connectivity index (χ0v) is 17.0. The second-order valence-corrected chi connectivity index (χ2v) is 10.1. The number of benzene rings is 1. The number of nitrogens with zero attached hydrogens (tertiary/aromatic N) is 1. The summed E-state index contributed by atoms with van der Waals surface area (Å²) in [5.74, 6) is 0.483. The van der Waals surface area contributed by atoms with Crippen LogP contribution in [0, 0.1) is 5.92 Å². The highest BCUT2D eigenvalue weighted by Gasteiger charge is 2.49. The minimum absolute atomic E-state index is 0.00973. The molecule has 0 spiro atoms. The highest BCUT2D eigenvalue weighted by molar-refractivity contribution is 7.89. The average Bonchev–Trinajstić information content (AvgIpc) is 3.38. The molecule has 1 aliphatic heterocycles. The van der Waals surface area contributed by atoms with Gasteiger partial charge in [0.05, 0.1) is 21.9 Å². The molecule has 1 saturated carbocycles. The first kappa shape index (κ1) is 18.7. The largest absolute Gasteiger partial charge is 0.495 e. The molecule has 4 rings (SSSR count). The van der Waals surface area contributed by atoms with Crippen LogP contribution in [0.1, 0.15) is 22.5 Å². The number of methoxy groups -OCH3 is 1. The quantitative estimate of drug-likeness (QED) is 0.797. The summed E-state index contributed by atoms with van der Waals surface area (Å²) >= 11 is 7.50. The van der Waals surface area contributed by atoms with Crippen molar-refractivity contribution in [1.29, 1.82) is 0 Å². The lowest BCUT2D eigenvalue weighted by molar-refractivity contribution is 0.0923. The Morgan fingerprint density at radius 2 is 2.15 bits per heavy atom. The Labute approximate surface area is 167 Å². The van der Waals surface area contributed by atoms with Crippen LogP contribution in [0.5, 0.6) is 5.75 Å². The van der Waals surface area contributed by atoms with Crippen molar-refractivity contribution in [3.05, 3.63) is 45.6 Å². The summed E-state index contributed by atoms with van der Waals surface area (Å²) in [4.78, 5) is 13.1. The maximum Gasteiger partial charge on any atom is 0.261 e. The van der Waals surface area contributed by atoms with Crippen LogP contribution in [0.2, 0.25) is 5.02 Å². The summed E-state index contributed by atoms with van der Waals surface area (Å²) in [5, 5.41) is 5.19. The van der Waals surface area contributed by atoms with E-state index in [0.717, 1.165) is 6.42 Å². The number of ether oxygens (including phenoxy) is 1. The summed E-state index contributed by atoms with van der Waals surface area (Å²) in [7, 11) is -2.14. The predicted molar refractivity (Wildman–Crippen MR) is 104 cm³/mol.